The molecule has 0 aliphatic heterocycles. The van der Waals surface area contributed by atoms with Gasteiger partial charge in [0, 0.05) is 23.2 Å². The minimum Gasteiger partial charge on any atom is -0.474 e. The first-order valence-electron chi connectivity index (χ1n) is 9.75. The fourth-order valence-electron chi connectivity index (χ4n) is 4.03. The number of fused-ring (bicyclic) bond motifs is 3. The number of carbonyl (C=O) groups excluding carboxylic acids is 1. The molecule has 0 unspecified atom stereocenters. The Bertz CT molecular complexity index is 993. The number of hydrogen-bond acceptors (Lipinski definition) is 6. The van der Waals surface area contributed by atoms with E-state index in [-0.39, 0.29) is 12.0 Å². The van der Waals surface area contributed by atoms with E-state index in [1.165, 1.54) is 0 Å². The van der Waals surface area contributed by atoms with Crippen LogP contribution in [0.2, 0.25) is 0 Å². The van der Waals surface area contributed by atoms with Gasteiger partial charge in [0.1, 0.15) is 17.3 Å². The highest BCUT2D eigenvalue weighted by molar-refractivity contribution is 7.25. The van der Waals surface area contributed by atoms with Crippen molar-refractivity contribution in [3.05, 3.63) is 30.1 Å². The average molecular weight is 399 g/mol. The number of thiophene rings is 1. The molecule has 3 aromatic rings. The van der Waals surface area contributed by atoms with Crippen molar-refractivity contribution in [3.63, 3.8) is 0 Å². The lowest BCUT2D eigenvalue weighted by Gasteiger charge is -2.32. The topological polar surface area (TPSA) is 67.3 Å². The summed E-state index contributed by atoms with van der Waals surface area (Å²) in [6, 6.07) is 6.70. The highest BCUT2D eigenvalue weighted by Gasteiger charge is 2.25. The zero-order valence-electron chi connectivity index (χ0n) is 16.6. The monoisotopic (exact) mass is 398 g/mol. The lowest BCUT2D eigenvalue weighted by atomic mass is 9.92. The van der Waals surface area contributed by atoms with Gasteiger partial charge in [-0.3, -0.25) is 4.79 Å². The van der Waals surface area contributed by atoms with Crippen molar-refractivity contribution in [1.82, 2.24) is 20.2 Å². The fourth-order valence-corrected chi connectivity index (χ4v) is 5.11. The van der Waals surface area contributed by atoms with Gasteiger partial charge in [0.05, 0.1) is 11.8 Å². The van der Waals surface area contributed by atoms with E-state index in [9.17, 15) is 4.79 Å². The van der Waals surface area contributed by atoms with Crippen LogP contribution in [0.5, 0.6) is 5.88 Å². The molecule has 2 heterocycles. The predicted molar refractivity (Wildman–Crippen MR) is 113 cm³/mol. The van der Waals surface area contributed by atoms with Crippen molar-refractivity contribution in [1.29, 1.82) is 0 Å². The second-order valence-electron chi connectivity index (χ2n) is 7.61. The van der Waals surface area contributed by atoms with Gasteiger partial charge in [-0.15, -0.1) is 11.3 Å². The molecule has 1 saturated carbocycles. The molecule has 1 aliphatic rings. The number of likely N-dealkylation sites (N-methyl/N-ethyl adjacent to an activating group) is 1. The minimum absolute atomic E-state index is 0.00632. The van der Waals surface area contributed by atoms with E-state index >= 15 is 0 Å². The van der Waals surface area contributed by atoms with E-state index in [0.29, 0.717) is 18.3 Å². The molecule has 1 aliphatic carbocycles. The molecule has 0 saturated heterocycles. The Kier molecular flexibility index (Phi) is 5.46. The Hall–Kier alpha value is -2.25. The highest BCUT2D eigenvalue weighted by atomic mass is 32.1. The molecule has 6 nitrogen and oxygen atoms in total. The summed E-state index contributed by atoms with van der Waals surface area (Å²) in [5.74, 6) is 0.641. The molecule has 1 amide bonds. The third kappa shape index (κ3) is 3.69. The van der Waals surface area contributed by atoms with Crippen LogP contribution in [0.15, 0.2) is 24.5 Å². The SMILES string of the molecule is CNC(=O)Cc1cccc2sc3ncnc(OC4CCC(N(C)C)CC4)c3c12. The average Bonchev–Trinajstić information content (AvgIpc) is 3.09. The zero-order chi connectivity index (χ0) is 19.7. The summed E-state index contributed by atoms with van der Waals surface area (Å²) >= 11 is 1.62. The first kappa shape index (κ1) is 19.1. The summed E-state index contributed by atoms with van der Waals surface area (Å²) < 4.78 is 7.50. The smallest absolute Gasteiger partial charge is 0.226 e. The fraction of sp³-hybridized carbons (Fsp3) is 0.476. The van der Waals surface area contributed by atoms with Gasteiger partial charge >= 0.3 is 0 Å². The van der Waals surface area contributed by atoms with Gasteiger partial charge in [0.15, 0.2) is 0 Å². The largest absolute Gasteiger partial charge is 0.474 e. The zero-order valence-corrected chi connectivity index (χ0v) is 17.4. The quantitative estimate of drug-likeness (QED) is 0.714. The normalized spacial score (nSPS) is 20.0. The van der Waals surface area contributed by atoms with Gasteiger partial charge < -0.3 is 15.0 Å². The van der Waals surface area contributed by atoms with E-state index in [1.807, 2.05) is 12.1 Å². The summed E-state index contributed by atoms with van der Waals surface area (Å²) in [6.07, 6.45) is 6.42. The highest BCUT2D eigenvalue weighted by Crippen LogP contribution is 2.40. The Morgan fingerprint density at radius 2 is 2.00 bits per heavy atom. The van der Waals surface area contributed by atoms with Gasteiger partial charge in [-0.05, 0) is 51.4 Å². The molecule has 0 bridgehead atoms. The number of carbonyl (C=O) groups is 1. The van der Waals surface area contributed by atoms with Crippen molar-refractivity contribution in [2.75, 3.05) is 21.1 Å². The summed E-state index contributed by atoms with van der Waals surface area (Å²) in [4.78, 5) is 24.2. The van der Waals surface area contributed by atoms with Crippen LogP contribution in [0.1, 0.15) is 31.2 Å². The predicted octanol–water partition coefficient (Wildman–Crippen LogP) is 3.38. The van der Waals surface area contributed by atoms with Gasteiger partial charge in [-0.1, -0.05) is 12.1 Å². The molecule has 0 radical (unpaired) electrons. The lowest BCUT2D eigenvalue weighted by Crippen LogP contribution is -2.35. The molecular weight excluding hydrogens is 372 g/mol. The molecule has 1 fully saturated rings. The summed E-state index contributed by atoms with van der Waals surface area (Å²) in [7, 11) is 5.95. The van der Waals surface area contributed by atoms with Crippen molar-refractivity contribution in [2.24, 2.45) is 0 Å². The molecule has 4 rings (SSSR count). The van der Waals surface area contributed by atoms with Crippen LogP contribution >= 0.6 is 11.3 Å². The molecule has 0 spiro atoms. The van der Waals surface area contributed by atoms with E-state index in [2.05, 4.69) is 40.3 Å². The molecule has 28 heavy (non-hydrogen) atoms. The molecule has 1 N–H and O–H groups in total. The Balaban J connectivity index is 1.69. The first-order chi connectivity index (χ1) is 13.6. The number of aromatic nitrogens is 2. The number of nitrogens with one attached hydrogen (secondary N) is 1. The summed E-state index contributed by atoms with van der Waals surface area (Å²) in [5.41, 5.74) is 0.985. The van der Waals surface area contributed by atoms with Gasteiger partial charge in [-0.25, -0.2) is 9.97 Å². The van der Waals surface area contributed by atoms with Crippen molar-refractivity contribution in [2.45, 2.75) is 44.2 Å². The minimum atomic E-state index is -0.00632. The van der Waals surface area contributed by atoms with Gasteiger partial charge in [0.25, 0.3) is 0 Å². The standard InChI is InChI=1S/C21H26N4O2S/c1-22-17(26)11-13-5-4-6-16-18(13)19-20(23-12-24-21(19)28-16)27-15-9-7-14(8-10-15)25(2)3/h4-6,12,14-15H,7-11H2,1-3H3,(H,22,26). The number of hydrogen-bond donors (Lipinski definition) is 1. The second kappa shape index (κ2) is 8.01. The maximum Gasteiger partial charge on any atom is 0.226 e. The number of amides is 1. The van der Waals surface area contributed by atoms with E-state index in [4.69, 9.17) is 4.74 Å². The molecule has 7 heteroatoms. The third-order valence-corrected chi connectivity index (χ3v) is 6.69. The van der Waals surface area contributed by atoms with Crippen molar-refractivity contribution >= 4 is 37.5 Å². The Morgan fingerprint density at radius 1 is 1.21 bits per heavy atom. The van der Waals surface area contributed by atoms with Crippen LogP contribution in [0, 0.1) is 0 Å². The molecule has 2 aromatic heterocycles. The Labute approximate surface area is 168 Å². The number of benzene rings is 1. The molecule has 148 valence electrons. The summed E-state index contributed by atoms with van der Waals surface area (Å²) in [6.45, 7) is 0. The van der Waals surface area contributed by atoms with E-state index in [1.54, 1.807) is 24.7 Å². The number of ether oxygens (including phenoxy) is 1. The maximum atomic E-state index is 12.0. The van der Waals surface area contributed by atoms with Crippen LogP contribution in [0.25, 0.3) is 20.3 Å². The molecular formula is C21H26N4O2S. The molecule has 0 atom stereocenters. The maximum absolute atomic E-state index is 12.0. The van der Waals surface area contributed by atoms with Crippen LogP contribution in [0.3, 0.4) is 0 Å². The number of rotatable bonds is 5. The van der Waals surface area contributed by atoms with Crippen LogP contribution < -0.4 is 10.1 Å². The van der Waals surface area contributed by atoms with Crippen molar-refractivity contribution in [3.8, 4) is 5.88 Å². The van der Waals surface area contributed by atoms with Gasteiger partial charge in [0.2, 0.25) is 11.8 Å². The summed E-state index contributed by atoms with van der Waals surface area (Å²) in [5, 5.41) is 4.70. The van der Waals surface area contributed by atoms with Crippen LogP contribution in [-0.2, 0) is 11.2 Å². The third-order valence-electron chi connectivity index (χ3n) is 5.63. The number of nitrogens with zero attached hydrogens (tertiary/aromatic N) is 3. The molecule has 1 aromatic carbocycles. The van der Waals surface area contributed by atoms with Crippen LogP contribution in [0.4, 0.5) is 0 Å². The second-order valence-corrected chi connectivity index (χ2v) is 8.64. The lowest BCUT2D eigenvalue weighted by molar-refractivity contribution is -0.119. The van der Waals surface area contributed by atoms with E-state index < -0.39 is 0 Å². The Morgan fingerprint density at radius 3 is 2.71 bits per heavy atom. The van der Waals surface area contributed by atoms with Crippen LogP contribution in [-0.4, -0.2) is 54.1 Å². The van der Waals surface area contributed by atoms with E-state index in [0.717, 1.165) is 51.5 Å². The van der Waals surface area contributed by atoms with Gasteiger partial charge in [-0.2, -0.15) is 0 Å². The first-order valence-corrected chi connectivity index (χ1v) is 10.6. The van der Waals surface area contributed by atoms with Crippen molar-refractivity contribution < 1.29 is 9.53 Å².